The van der Waals surface area contributed by atoms with E-state index in [9.17, 15) is 4.39 Å². The highest BCUT2D eigenvalue weighted by atomic mass is 19.1. The van der Waals surface area contributed by atoms with Crippen LogP contribution in [0.4, 0.5) is 4.39 Å². The first kappa shape index (κ1) is 8.99. The van der Waals surface area contributed by atoms with Gasteiger partial charge >= 0.3 is 0 Å². The van der Waals surface area contributed by atoms with Crippen molar-refractivity contribution in [2.24, 2.45) is 10.7 Å². The van der Waals surface area contributed by atoms with E-state index in [1.807, 2.05) is 6.92 Å². The Balaban J connectivity index is 2.36. The first-order valence-corrected chi connectivity index (χ1v) is 4.39. The average Bonchev–Trinajstić information content (AvgIpc) is 2.56. The minimum atomic E-state index is -0.296. The van der Waals surface area contributed by atoms with E-state index in [4.69, 9.17) is 10.5 Å². The Morgan fingerprint density at radius 3 is 3.00 bits per heavy atom. The number of hydrogen-bond donors (Lipinski definition) is 1. The molecule has 14 heavy (non-hydrogen) atoms. The second-order valence-corrected chi connectivity index (χ2v) is 3.32. The maximum Gasteiger partial charge on any atom is 0.282 e. The Hall–Kier alpha value is -1.58. The molecule has 0 saturated carbocycles. The highest BCUT2D eigenvalue weighted by Crippen LogP contribution is 2.25. The second kappa shape index (κ2) is 3.29. The molecule has 3 nitrogen and oxygen atoms in total. The molecule has 4 heteroatoms. The summed E-state index contributed by atoms with van der Waals surface area (Å²) in [7, 11) is 0. The zero-order valence-corrected chi connectivity index (χ0v) is 7.83. The maximum absolute atomic E-state index is 13.4. The van der Waals surface area contributed by atoms with Crippen molar-refractivity contribution in [3.8, 4) is 0 Å². The molecule has 1 aliphatic heterocycles. The molecule has 0 aliphatic carbocycles. The SMILES string of the molecule is Cc1ccc(F)c(C2COC(N)=N2)c1. The quantitative estimate of drug-likeness (QED) is 0.736. The van der Waals surface area contributed by atoms with Crippen LogP contribution in [-0.4, -0.2) is 12.6 Å². The van der Waals surface area contributed by atoms with E-state index >= 15 is 0 Å². The summed E-state index contributed by atoms with van der Waals surface area (Å²) in [6, 6.07) is 4.77. The lowest BCUT2D eigenvalue weighted by Gasteiger charge is -2.07. The molecule has 1 heterocycles. The van der Waals surface area contributed by atoms with Crippen molar-refractivity contribution in [2.75, 3.05) is 6.61 Å². The van der Waals surface area contributed by atoms with Crippen molar-refractivity contribution in [3.05, 3.63) is 35.1 Å². The lowest BCUT2D eigenvalue weighted by molar-refractivity contribution is 0.312. The van der Waals surface area contributed by atoms with Crippen molar-refractivity contribution >= 4 is 6.02 Å². The second-order valence-electron chi connectivity index (χ2n) is 3.32. The molecule has 1 aromatic carbocycles. The molecule has 1 aliphatic rings. The summed E-state index contributed by atoms with van der Waals surface area (Å²) in [4.78, 5) is 3.99. The minimum absolute atomic E-state index is 0.135. The van der Waals surface area contributed by atoms with E-state index in [0.717, 1.165) is 5.56 Å². The molecule has 1 atom stereocenters. The summed E-state index contributed by atoms with van der Waals surface area (Å²) < 4.78 is 18.4. The van der Waals surface area contributed by atoms with Gasteiger partial charge in [0.05, 0.1) is 0 Å². The van der Waals surface area contributed by atoms with Crippen LogP contribution >= 0.6 is 0 Å². The third-order valence-electron chi connectivity index (χ3n) is 2.18. The fraction of sp³-hybridized carbons (Fsp3) is 0.300. The van der Waals surface area contributed by atoms with Crippen molar-refractivity contribution in [1.29, 1.82) is 0 Å². The number of hydrogen-bond acceptors (Lipinski definition) is 3. The molecule has 0 saturated heterocycles. The molecule has 0 aromatic heterocycles. The number of nitrogens with two attached hydrogens (primary N) is 1. The van der Waals surface area contributed by atoms with Gasteiger partial charge in [0, 0.05) is 5.56 Å². The van der Waals surface area contributed by atoms with Gasteiger partial charge in [0.2, 0.25) is 0 Å². The summed E-state index contributed by atoms with van der Waals surface area (Å²) in [6.07, 6.45) is 0. The highest BCUT2D eigenvalue weighted by molar-refractivity contribution is 5.73. The van der Waals surface area contributed by atoms with Gasteiger partial charge in [-0.25, -0.2) is 9.38 Å². The van der Waals surface area contributed by atoms with Gasteiger partial charge in [-0.2, -0.15) is 0 Å². The molecule has 2 rings (SSSR count). The van der Waals surface area contributed by atoms with Gasteiger partial charge in [-0.15, -0.1) is 0 Å². The van der Waals surface area contributed by atoms with Gasteiger partial charge in [0.25, 0.3) is 6.02 Å². The van der Waals surface area contributed by atoms with Gasteiger partial charge in [-0.3, -0.25) is 0 Å². The summed E-state index contributed by atoms with van der Waals surface area (Å²) in [6.45, 7) is 2.23. The molecule has 1 aromatic rings. The van der Waals surface area contributed by atoms with E-state index < -0.39 is 0 Å². The number of ether oxygens (including phenoxy) is 1. The molecule has 0 fully saturated rings. The number of aryl methyl sites for hydroxylation is 1. The monoisotopic (exact) mass is 194 g/mol. The molecular weight excluding hydrogens is 183 g/mol. The number of benzene rings is 1. The highest BCUT2D eigenvalue weighted by Gasteiger charge is 2.21. The zero-order valence-electron chi connectivity index (χ0n) is 7.83. The summed E-state index contributed by atoms with van der Waals surface area (Å²) in [5.41, 5.74) is 6.90. The minimum Gasteiger partial charge on any atom is -0.463 e. The average molecular weight is 194 g/mol. The van der Waals surface area contributed by atoms with Crippen LogP contribution in [-0.2, 0) is 4.74 Å². The number of amidine groups is 1. The van der Waals surface area contributed by atoms with E-state index in [1.54, 1.807) is 12.1 Å². The largest absolute Gasteiger partial charge is 0.463 e. The van der Waals surface area contributed by atoms with Crippen LogP contribution < -0.4 is 5.73 Å². The number of halogens is 1. The Morgan fingerprint density at radius 1 is 1.57 bits per heavy atom. The van der Waals surface area contributed by atoms with Crippen LogP contribution in [0.2, 0.25) is 0 Å². The molecule has 1 unspecified atom stereocenters. The van der Waals surface area contributed by atoms with E-state index in [2.05, 4.69) is 4.99 Å². The first-order chi connectivity index (χ1) is 6.66. The molecule has 0 amide bonds. The van der Waals surface area contributed by atoms with Crippen LogP contribution in [0.1, 0.15) is 17.2 Å². The van der Waals surface area contributed by atoms with Gasteiger partial charge in [-0.05, 0) is 13.0 Å². The Bertz CT molecular complexity index is 390. The molecule has 0 radical (unpaired) electrons. The summed E-state index contributed by atoms with van der Waals surface area (Å²) in [5, 5.41) is 0. The predicted octanol–water partition coefficient (Wildman–Crippen LogP) is 1.52. The lowest BCUT2D eigenvalue weighted by atomic mass is 10.1. The Labute approximate surface area is 81.4 Å². The topological polar surface area (TPSA) is 47.6 Å². The van der Waals surface area contributed by atoms with Crippen molar-refractivity contribution in [1.82, 2.24) is 0 Å². The molecular formula is C10H11FN2O. The first-order valence-electron chi connectivity index (χ1n) is 4.39. The molecule has 74 valence electrons. The summed E-state index contributed by atoms with van der Waals surface area (Å²) >= 11 is 0. The van der Waals surface area contributed by atoms with Gasteiger partial charge in [0.15, 0.2) is 0 Å². The van der Waals surface area contributed by atoms with E-state index in [0.29, 0.717) is 12.2 Å². The van der Waals surface area contributed by atoms with Crippen LogP contribution in [0.5, 0.6) is 0 Å². The number of nitrogens with zero attached hydrogens (tertiary/aromatic N) is 1. The molecule has 0 spiro atoms. The van der Waals surface area contributed by atoms with Crippen molar-refractivity contribution in [3.63, 3.8) is 0 Å². The Morgan fingerprint density at radius 2 is 2.36 bits per heavy atom. The third-order valence-corrected chi connectivity index (χ3v) is 2.18. The fourth-order valence-electron chi connectivity index (χ4n) is 1.47. The van der Waals surface area contributed by atoms with Crippen LogP contribution in [0.25, 0.3) is 0 Å². The third kappa shape index (κ3) is 1.55. The predicted molar refractivity (Wildman–Crippen MR) is 51.5 cm³/mol. The van der Waals surface area contributed by atoms with Crippen LogP contribution in [0.3, 0.4) is 0 Å². The molecule has 2 N–H and O–H groups in total. The normalized spacial score (nSPS) is 20.4. The smallest absolute Gasteiger partial charge is 0.282 e. The van der Waals surface area contributed by atoms with Gasteiger partial charge in [-0.1, -0.05) is 17.7 Å². The van der Waals surface area contributed by atoms with Crippen molar-refractivity contribution < 1.29 is 9.13 Å². The van der Waals surface area contributed by atoms with E-state index in [1.165, 1.54) is 6.07 Å². The van der Waals surface area contributed by atoms with Crippen LogP contribution in [0.15, 0.2) is 23.2 Å². The van der Waals surface area contributed by atoms with Gasteiger partial charge in [0.1, 0.15) is 18.5 Å². The Kier molecular flexibility index (Phi) is 2.11. The number of rotatable bonds is 1. The van der Waals surface area contributed by atoms with E-state index in [-0.39, 0.29) is 17.9 Å². The number of aliphatic imine (C=N–C) groups is 1. The summed E-state index contributed by atoms with van der Waals surface area (Å²) in [5.74, 6) is -0.261. The van der Waals surface area contributed by atoms with Crippen molar-refractivity contribution in [2.45, 2.75) is 13.0 Å². The fourth-order valence-corrected chi connectivity index (χ4v) is 1.47. The van der Waals surface area contributed by atoms with Crippen LogP contribution in [0, 0.1) is 12.7 Å². The standard InChI is InChI=1S/C10H11FN2O/c1-6-2-3-8(11)7(4-6)9-5-14-10(12)13-9/h2-4,9H,5H2,1H3,(H2,12,13). The molecule has 0 bridgehead atoms. The lowest BCUT2D eigenvalue weighted by Crippen LogP contribution is -2.10. The zero-order chi connectivity index (χ0) is 10.1. The maximum atomic E-state index is 13.4. The van der Waals surface area contributed by atoms with Gasteiger partial charge < -0.3 is 10.5 Å².